The largest absolute Gasteiger partial charge is 0.388 e. The van der Waals surface area contributed by atoms with Gasteiger partial charge in [-0.25, -0.2) is 4.99 Å². The van der Waals surface area contributed by atoms with Gasteiger partial charge in [-0.05, 0) is 49.3 Å². The van der Waals surface area contributed by atoms with Gasteiger partial charge in [0.15, 0.2) is 0 Å². The van der Waals surface area contributed by atoms with Crippen molar-refractivity contribution in [3.63, 3.8) is 0 Å². The van der Waals surface area contributed by atoms with Crippen LogP contribution in [-0.4, -0.2) is 30.4 Å². The molecule has 1 atom stereocenters. The van der Waals surface area contributed by atoms with Crippen molar-refractivity contribution < 1.29 is 5.11 Å². The first-order valence-corrected chi connectivity index (χ1v) is 6.49. The van der Waals surface area contributed by atoms with Crippen molar-refractivity contribution in [2.24, 2.45) is 10.9 Å². The van der Waals surface area contributed by atoms with E-state index in [0.717, 1.165) is 35.2 Å². The molecule has 0 saturated heterocycles. The molecule has 0 heterocycles. The molecule has 0 aromatic heterocycles. The molecule has 1 aliphatic rings. The Balaban J connectivity index is 2.28. The van der Waals surface area contributed by atoms with Crippen LogP contribution in [0.3, 0.4) is 0 Å². The Bertz CT molecular complexity index is 439. The average molecular weight is 246 g/mol. The van der Waals surface area contributed by atoms with Gasteiger partial charge in [-0.15, -0.1) is 0 Å². The highest BCUT2D eigenvalue weighted by Gasteiger charge is 2.31. The van der Waals surface area contributed by atoms with E-state index in [2.05, 4.69) is 31.0 Å². The van der Waals surface area contributed by atoms with Crippen LogP contribution >= 0.6 is 0 Å². The molecule has 0 radical (unpaired) electrons. The Labute approximate surface area is 109 Å². The normalized spacial score (nSPS) is 17.2. The molecule has 0 spiro atoms. The topological polar surface area (TPSA) is 35.8 Å². The Hall–Kier alpha value is -1.35. The van der Waals surface area contributed by atoms with Crippen LogP contribution in [0.4, 0.5) is 5.69 Å². The van der Waals surface area contributed by atoms with E-state index >= 15 is 0 Å². The fraction of sp³-hybridized carbons (Fsp3) is 0.533. The minimum absolute atomic E-state index is 0.297. The zero-order valence-electron chi connectivity index (χ0n) is 11.6. The summed E-state index contributed by atoms with van der Waals surface area (Å²) < 4.78 is 0. The second kappa shape index (κ2) is 5.11. The van der Waals surface area contributed by atoms with Gasteiger partial charge >= 0.3 is 0 Å². The van der Waals surface area contributed by atoms with Gasteiger partial charge in [0, 0.05) is 14.1 Å². The molecule has 1 aromatic carbocycles. The molecular weight excluding hydrogens is 224 g/mol. The lowest BCUT2D eigenvalue weighted by molar-refractivity contribution is 0.153. The quantitative estimate of drug-likeness (QED) is 0.655. The summed E-state index contributed by atoms with van der Waals surface area (Å²) in [5, 5.41) is 10.2. The lowest BCUT2D eigenvalue weighted by atomic mass is 9.99. The van der Waals surface area contributed by atoms with Crippen LogP contribution in [0.15, 0.2) is 17.1 Å². The molecular formula is C15H22N2O. The molecule has 2 rings (SSSR count). The van der Waals surface area contributed by atoms with Gasteiger partial charge < -0.3 is 10.0 Å². The average Bonchev–Trinajstić information content (AvgIpc) is 3.10. The molecule has 98 valence electrons. The number of nitrogens with zero attached hydrogens (tertiary/aromatic N) is 2. The lowest BCUT2D eigenvalue weighted by Crippen LogP contribution is -2.07. The summed E-state index contributed by atoms with van der Waals surface area (Å²) >= 11 is 0. The van der Waals surface area contributed by atoms with Crippen molar-refractivity contribution in [2.75, 3.05) is 14.1 Å². The van der Waals surface area contributed by atoms with E-state index in [9.17, 15) is 5.11 Å². The van der Waals surface area contributed by atoms with E-state index in [1.807, 2.05) is 25.3 Å². The maximum atomic E-state index is 10.2. The zero-order chi connectivity index (χ0) is 13.3. The molecule has 1 aromatic rings. The summed E-state index contributed by atoms with van der Waals surface area (Å²) in [6.07, 6.45) is 3.82. The third kappa shape index (κ3) is 2.91. The molecule has 3 nitrogen and oxygen atoms in total. The van der Waals surface area contributed by atoms with Gasteiger partial charge in [0.2, 0.25) is 0 Å². The van der Waals surface area contributed by atoms with Crippen LogP contribution in [0.1, 0.15) is 35.6 Å². The number of aliphatic hydroxyl groups excluding tert-OH is 1. The monoisotopic (exact) mass is 246 g/mol. The van der Waals surface area contributed by atoms with E-state index in [1.54, 1.807) is 0 Å². The highest BCUT2D eigenvalue weighted by atomic mass is 16.3. The summed E-state index contributed by atoms with van der Waals surface area (Å²) in [6.45, 7) is 4.11. The van der Waals surface area contributed by atoms with Crippen LogP contribution in [-0.2, 0) is 0 Å². The van der Waals surface area contributed by atoms with Crippen molar-refractivity contribution in [3.8, 4) is 0 Å². The Morgan fingerprint density at radius 2 is 1.83 bits per heavy atom. The van der Waals surface area contributed by atoms with Crippen molar-refractivity contribution in [3.05, 3.63) is 28.8 Å². The third-order valence-electron chi connectivity index (χ3n) is 3.34. The second-order valence-electron chi connectivity index (χ2n) is 5.49. The molecule has 1 aliphatic carbocycles. The van der Waals surface area contributed by atoms with E-state index < -0.39 is 0 Å². The molecule has 0 amide bonds. The lowest BCUT2D eigenvalue weighted by Gasteiger charge is -2.14. The number of benzene rings is 1. The smallest absolute Gasteiger partial charge is 0.0907 e. The SMILES string of the molecule is Cc1cc(C(O)C2CC2)cc(C)c1/N=C/N(C)C. The number of hydrogen-bond acceptors (Lipinski definition) is 2. The number of aliphatic hydroxyl groups is 1. The third-order valence-corrected chi connectivity index (χ3v) is 3.34. The van der Waals surface area contributed by atoms with Crippen molar-refractivity contribution in [1.29, 1.82) is 0 Å². The molecule has 1 N–H and O–H groups in total. The second-order valence-corrected chi connectivity index (χ2v) is 5.49. The minimum atomic E-state index is -0.297. The fourth-order valence-electron chi connectivity index (χ4n) is 2.22. The summed E-state index contributed by atoms with van der Waals surface area (Å²) in [4.78, 5) is 6.41. The molecule has 1 unspecified atom stereocenters. The minimum Gasteiger partial charge on any atom is -0.388 e. The van der Waals surface area contributed by atoms with Gasteiger partial charge in [0.1, 0.15) is 0 Å². The number of aryl methyl sites for hydroxylation is 2. The van der Waals surface area contributed by atoms with E-state index in [1.165, 1.54) is 0 Å². The van der Waals surface area contributed by atoms with Crippen LogP contribution in [0.2, 0.25) is 0 Å². The van der Waals surface area contributed by atoms with Gasteiger partial charge in [-0.2, -0.15) is 0 Å². The summed E-state index contributed by atoms with van der Waals surface area (Å²) in [5.41, 5.74) is 4.30. The Morgan fingerprint density at radius 1 is 1.28 bits per heavy atom. The van der Waals surface area contributed by atoms with Crippen molar-refractivity contribution >= 4 is 12.0 Å². The number of aliphatic imine (C=N–C) groups is 1. The van der Waals surface area contributed by atoms with Crippen molar-refractivity contribution in [1.82, 2.24) is 4.90 Å². The maximum Gasteiger partial charge on any atom is 0.0907 e. The standard InChI is InChI=1S/C15H22N2O/c1-10-7-13(15(18)12-5-6-12)8-11(2)14(10)16-9-17(3)4/h7-9,12,15,18H,5-6H2,1-4H3/b16-9+. The van der Waals surface area contributed by atoms with Gasteiger partial charge in [-0.1, -0.05) is 12.1 Å². The highest BCUT2D eigenvalue weighted by molar-refractivity contribution is 5.65. The molecule has 0 bridgehead atoms. The molecule has 1 fully saturated rings. The van der Waals surface area contributed by atoms with Gasteiger partial charge in [0.25, 0.3) is 0 Å². The van der Waals surface area contributed by atoms with Crippen LogP contribution in [0, 0.1) is 19.8 Å². The van der Waals surface area contributed by atoms with Crippen LogP contribution < -0.4 is 0 Å². The summed E-state index contributed by atoms with van der Waals surface area (Å²) in [7, 11) is 3.92. The van der Waals surface area contributed by atoms with Gasteiger partial charge in [-0.3, -0.25) is 0 Å². The first-order chi connectivity index (χ1) is 8.49. The maximum absolute atomic E-state index is 10.2. The van der Waals surface area contributed by atoms with Crippen LogP contribution in [0.25, 0.3) is 0 Å². The Kier molecular flexibility index (Phi) is 3.71. The summed E-state index contributed by atoms with van der Waals surface area (Å²) in [6, 6.07) is 4.14. The highest BCUT2D eigenvalue weighted by Crippen LogP contribution is 2.42. The summed E-state index contributed by atoms with van der Waals surface area (Å²) in [5.74, 6) is 0.472. The van der Waals surface area contributed by atoms with Gasteiger partial charge in [0.05, 0.1) is 18.1 Å². The first-order valence-electron chi connectivity index (χ1n) is 6.49. The van der Waals surface area contributed by atoms with E-state index in [4.69, 9.17) is 0 Å². The van der Waals surface area contributed by atoms with Crippen molar-refractivity contribution in [2.45, 2.75) is 32.8 Å². The fourth-order valence-corrected chi connectivity index (χ4v) is 2.22. The molecule has 18 heavy (non-hydrogen) atoms. The molecule has 0 aliphatic heterocycles. The predicted molar refractivity (Wildman–Crippen MR) is 75.4 cm³/mol. The van der Waals surface area contributed by atoms with Crippen LogP contribution in [0.5, 0.6) is 0 Å². The number of hydrogen-bond donors (Lipinski definition) is 1. The predicted octanol–water partition coefficient (Wildman–Crippen LogP) is 2.97. The zero-order valence-corrected chi connectivity index (χ0v) is 11.6. The molecule has 1 saturated carbocycles. The number of rotatable bonds is 4. The first kappa shape index (κ1) is 13.1. The van der Waals surface area contributed by atoms with E-state index in [0.29, 0.717) is 5.92 Å². The van der Waals surface area contributed by atoms with E-state index in [-0.39, 0.29) is 6.10 Å². The Morgan fingerprint density at radius 3 is 2.28 bits per heavy atom. The molecule has 3 heteroatoms.